The van der Waals surface area contributed by atoms with Crippen LogP contribution in [0.4, 0.5) is 0 Å². The molecule has 0 atom stereocenters. The maximum absolute atomic E-state index is 6.06. The van der Waals surface area contributed by atoms with Crippen molar-refractivity contribution in [3.8, 4) is 5.75 Å². The highest BCUT2D eigenvalue weighted by atomic mass is 35.5. The second kappa shape index (κ2) is 5.26. The summed E-state index contributed by atoms with van der Waals surface area (Å²) in [6, 6.07) is 4.25. The Bertz CT molecular complexity index is 378. The summed E-state index contributed by atoms with van der Waals surface area (Å²) in [5.74, 6) is 0.720. The van der Waals surface area contributed by atoms with E-state index in [0.717, 1.165) is 17.9 Å². The summed E-state index contributed by atoms with van der Waals surface area (Å²) >= 11 is 12.0. The fourth-order valence-corrected chi connectivity index (χ4v) is 2.45. The van der Waals surface area contributed by atoms with Crippen LogP contribution in [0.5, 0.6) is 5.75 Å². The predicted octanol–water partition coefficient (Wildman–Crippen LogP) is 3.64. The van der Waals surface area contributed by atoms with Gasteiger partial charge in [-0.25, -0.2) is 0 Å². The van der Waals surface area contributed by atoms with Crippen LogP contribution in [0, 0.1) is 0 Å². The molecule has 0 saturated heterocycles. The van der Waals surface area contributed by atoms with E-state index in [1.54, 1.807) is 13.2 Å². The van der Waals surface area contributed by atoms with Gasteiger partial charge in [0, 0.05) is 23.2 Å². The van der Waals surface area contributed by atoms with E-state index in [9.17, 15) is 0 Å². The summed E-state index contributed by atoms with van der Waals surface area (Å²) in [5.41, 5.74) is 1.02. The molecular weight excluding hydrogens is 245 g/mol. The van der Waals surface area contributed by atoms with Crippen LogP contribution in [0.2, 0.25) is 10.0 Å². The van der Waals surface area contributed by atoms with Gasteiger partial charge in [0.25, 0.3) is 0 Å². The van der Waals surface area contributed by atoms with Crippen molar-refractivity contribution in [2.45, 2.75) is 31.8 Å². The fraction of sp³-hybridized carbons (Fsp3) is 0.500. The van der Waals surface area contributed by atoms with E-state index >= 15 is 0 Å². The lowest BCUT2D eigenvalue weighted by Gasteiger charge is -2.27. The predicted molar refractivity (Wildman–Crippen MR) is 67.5 cm³/mol. The minimum atomic E-state index is 0.570. The molecule has 1 saturated carbocycles. The van der Waals surface area contributed by atoms with Gasteiger partial charge in [0.05, 0.1) is 12.1 Å². The van der Waals surface area contributed by atoms with Crippen LogP contribution in [0.25, 0.3) is 0 Å². The average Bonchev–Trinajstić information content (AvgIpc) is 2.14. The van der Waals surface area contributed by atoms with Crippen molar-refractivity contribution in [1.82, 2.24) is 5.32 Å². The lowest BCUT2D eigenvalue weighted by Crippen LogP contribution is -2.34. The average molecular weight is 260 g/mol. The quantitative estimate of drug-likeness (QED) is 0.892. The normalized spacial score (nSPS) is 15.9. The Labute approximate surface area is 106 Å². The van der Waals surface area contributed by atoms with Crippen molar-refractivity contribution in [2.75, 3.05) is 7.11 Å². The van der Waals surface area contributed by atoms with E-state index in [2.05, 4.69) is 5.32 Å². The second-order valence-corrected chi connectivity index (χ2v) is 4.93. The van der Waals surface area contributed by atoms with Crippen molar-refractivity contribution in [3.05, 3.63) is 27.7 Å². The van der Waals surface area contributed by atoms with Gasteiger partial charge in [-0.3, -0.25) is 0 Å². The van der Waals surface area contributed by atoms with Crippen molar-refractivity contribution in [1.29, 1.82) is 0 Å². The van der Waals surface area contributed by atoms with E-state index in [1.165, 1.54) is 19.3 Å². The van der Waals surface area contributed by atoms with E-state index in [0.29, 0.717) is 16.1 Å². The number of rotatable bonds is 4. The van der Waals surface area contributed by atoms with Gasteiger partial charge in [0.1, 0.15) is 5.75 Å². The van der Waals surface area contributed by atoms with E-state index in [4.69, 9.17) is 27.9 Å². The number of hydrogen-bond donors (Lipinski definition) is 1. The van der Waals surface area contributed by atoms with Crippen molar-refractivity contribution in [2.24, 2.45) is 0 Å². The Morgan fingerprint density at radius 2 is 2.12 bits per heavy atom. The van der Waals surface area contributed by atoms with Crippen LogP contribution in [-0.2, 0) is 6.54 Å². The molecule has 2 rings (SSSR count). The third-order valence-corrected chi connectivity index (χ3v) is 3.47. The first-order valence-corrected chi connectivity index (χ1v) is 6.21. The monoisotopic (exact) mass is 259 g/mol. The molecule has 4 heteroatoms. The molecular formula is C12H15Cl2NO. The molecule has 2 nitrogen and oxygen atoms in total. The highest BCUT2D eigenvalue weighted by Crippen LogP contribution is 2.32. The standard InChI is InChI=1S/C12H15Cl2NO/c1-16-12-8(5-9(13)6-11(12)14)7-15-10-3-2-4-10/h5-6,10,15H,2-4,7H2,1H3. The Kier molecular flexibility index (Phi) is 3.95. The number of ether oxygens (including phenoxy) is 1. The topological polar surface area (TPSA) is 21.3 Å². The maximum Gasteiger partial charge on any atom is 0.142 e. The minimum absolute atomic E-state index is 0.570. The Balaban J connectivity index is 2.10. The van der Waals surface area contributed by atoms with Gasteiger partial charge in [-0.2, -0.15) is 0 Å². The van der Waals surface area contributed by atoms with Crippen LogP contribution < -0.4 is 10.1 Å². The SMILES string of the molecule is COc1c(Cl)cc(Cl)cc1CNC1CCC1. The highest BCUT2D eigenvalue weighted by Gasteiger charge is 2.17. The molecule has 0 aromatic heterocycles. The number of benzene rings is 1. The van der Waals surface area contributed by atoms with Gasteiger partial charge < -0.3 is 10.1 Å². The number of methoxy groups -OCH3 is 1. The molecule has 16 heavy (non-hydrogen) atoms. The van der Waals surface area contributed by atoms with Crippen molar-refractivity contribution >= 4 is 23.2 Å². The highest BCUT2D eigenvalue weighted by molar-refractivity contribution is 6.35. The number of halogens is 2. The zero-order valence-electron chi connectivity index (χ0n) is 9.22. The molecule has 1 aromatic rings. The van der Waals surface area contributed by atoms with Crippen molar-refractivity contribution < 1.29 is 4.74 Å². The van der Waals surface area contributed by atoms with Gasteiger partial charge >= 0.3 is 0 Å². The van der Waals surface area contributed by atoms with Gasteiger partial charge in [-0.15, -0.1) is 0 Å². The van der Waals surface area contributed by atoms with Gasteiger partial charge in [0.2, 0.25) is 0 Å². The zero-order valence-corrected chi connectivity index (χ0v) is 10.7. The van der Waals surface area contributed by atoms with Crippen LogP contribution in [0.1, 0.15) is 24.8 Å². The molecule has 0 radical (unpaired) electrons. The van der Waals surface area contributed by atoms with Gasteiger partial charge in [-0.1, -0.05) is 29.6 Å². The minimum Gasteiger partial charge on any atom is -0.495 e. The van der Waals surface area contributed by atoms with E-state index in [-0.39, 0.29) is 0 Å². The molecule has 1 N–H and O–H groups in total. The fourth-order valence-electron chi connectivity index (χ4n) is 1.84. The largest absolute Gasteiger partial charge is 0.495 e. The van der Waals surface area contributed by atoms with Crippen LogP contribution in [0.3, 0.4) is 0 Å². The molecule has 1 fully saturated rings. The first kappa shape index (κ1) is 12.0. The summed E-state index contributed by atoms with van der Waals surface area (Å²) in [6.07, 6.45) is 3.85. The molecule has 1 aliphatic carbocycles. The maximum atomic E-state index is 6.06. The summed E-state index contributed by atoms with van der Waals surface area (Å²) in [5, 5.41) is 4.69. The summed E-state index contributed by atoms with van der Waals surface area (Å²) in [7, 11) is 1.63. The van der Waals surface area contributed by atoms with E-state index < -0.39 is 0 Å². The molecule has 0 unspecified atom stereocenters. The lowest BCUT2D eigenvalue weighted by atomic mass is 9.93. The second-order valence-electron chi connectivity index (χ2n) is 4.09. The van der Waals surface area contributed by atoms with Crippen LogP contribution in [0.15, 0.2) is 12.1 Å². The third kappa shape index (κ3) is 2.62. The van der Waals surface area contributed by atoms with E-state index in [1.807, 2.05) is 6.07 Å². The lowest BCUT2D eigenvalue weighted by molar-refractivity contribution is 0.334. The Hall–Kier alpha value is -0.440. The van der Waals surface area contributed by atoms with Crippen LogP contribution >= 0.6 is 23.2 Å². The first-order valence-electron chi connectivity index (χ1n) is 5.46. The van der Waals surface area contributed by atoms with Gasteiger partial charge in [0.15, 0.2) is 0 Å². The Morgan fingerprint density at radius 1 is 1.38 bits per heavy atom. The zero-order chi connectivity index (χ0) is 11.5. The number of hydrogen-bond acceptors (Lipinski definition) is 2. The van der Waals surface area contributed by atoms with Crippen LogP contribution in [-0.4, -0.2) is 13.2 Å². The first-order chi connectivity index (χ1) is 7.70. The van der Waals surface area contributed by atoms with Crippen molar-refractivity contribution in [3.63, 3.8) is 0 Å². The molecule has 0 spiro atoms. The third-order valence-electron chi connectivity index (χ3n) is 2.98. The molecule has 1 aromatic carbocycles. The molecule has 88 valence electrons. The Morgan fingerprint density at radius 3 is 2.69 bits per heavy atom. The number of nitrogens with one attached hydrogen (secondary N) is 1. The van der Waals surface area contributed by atoms with Gasteiger partial charge in [-0.05, 0) is 25.0 Å². The summed E-state index contributed by atoms with van der Waals surface area (Å²) in [4.78, 5) is 0. The smallest absolute Gasteiger partial charge is 0.142 e. The summed E-state index contributed by atoms with van der Waals surface area (Å²) in [6.45, 7) is 0.758. The molecule has 0 bridgehead atoms. The molecule has 1 aliphatic rings. The molecule has 0 aliphatic heterocycles. The molecule has 0 heterocycles. The molecule has 0 amide bonds. The summed E-state index contributed by atoms with van der Waals surface area (Å²) < 4.78 is 5.28.